The Labute approximate surface area is 144 Å². The van der Waals surface area contributed by atoms with Crippen molar-refractivity contribution in [1.29, 1.82) is 0 Å². The predicted octanol–water partition coefficient (Wildman–Crippen LogP) is 1.03. The topological polar surface area (TPSA) is 55.9 Å². The molecule has 0 radical (unpaired) electrons. The SMILES string of the molecule is Cc1ccccc1NC(=O)CN1CCCN(CC(=O)N(C)C)CC1. The van der Waals surface area contributed by atoms with Crippen molar-refractivity contribution in [2.24, 2.45) is 0 Å². The van der Waals surface area contributed by atoms with E-state index in [1.807, 2.05) is 31.2 Å². The van der Waals surface area contributed by atoms with Crippen molar-refractivity contribution < 1.29 is 9.59 Å². The van der Waals surface area contributed by atoms with Crippen molar-refractivity contribution in [2.75, 3.05) is 58.7 Å². The number of nitrogens with one attached hydrogen (secondary N) is 1. The number of likely N-dealkylation sites (N-methyl/N-ethyl adjacent to an activating group) is 1. The summed E-state index contributed by atoms with van der Waals surface area (Å²) in [6.07, 6.45) is 0.971. The molecule has 0 atom stereocenters. The van der Waals surface area contributed by atoms with Crippen molar-refractivity contribution in [2.45, 2.75) is 13.3 Å². The lowest BCUT2D eigenvalue weighted by atomic mass is 10.2. The Kier molecular flexibility index (Phi) is 6.75. The first-order valence-electron chi connectivity index (χ1n) is 8.46. The molecule has 0 unspecified atom stereocenters. The highest BCUT2D eigenvalue weighted by atomic mass is 16.2. The van der Waals surface area contributed by atoms with Crippen LogP contribution in [0.25, 0.3) is 0 Å². The number of amides is 2. The molecule has 1 aliphatic heterocycles. The van der Waals surface area contributed by atoms with Crippen LogP contribution >= 0.6 is 0 Å². The van der Waals surface area contributed by atoms with Gasteiger partial charge in [0, 0.05) is 32.9 Å². The van der Waals surface area contributed by atoms with Crippen LogP contribution in [-0.2, 0) is 9.59 Å². The Bertz CT molecular complexity index is 574. The first kappa shape index (κ1) is 18.4. The number of benzene rings is 1. The molecule has 0 bridgehead atoms. The normalized spacial score (nSPS) is 16.5. The zero-order chi connectivity index (χ0) is 17.5. The van der Waals surface area contributed by atoms with E-state index in [4.69, 9.17) is 0 Å². The van der Waals surface area contributed by atoms with E-state index in [9.17, 15) is 9.59 Å². The second kappa shape index (κ2) is 8.80. The van der Waals surface area contributed by atoms with Crippen LogP contribution in [0.1, 0.15) is 12.0 Å². The maximum atomic E-state index is 12.3. The summed E-state index contributed by atoms with van der Waals surface area (Å²) in [5.41, 5.74) is 1.94. The van der Waals surface area contributed by atoms with Gasteiger partial charge in [-0.15, -0.1) is 0 Å². The van der Waals surface area contributed by atoms with Gasteiger partial charge in [-0.2, -0.15) is 0 Å². The zero-order valence-corrected chi connectivity index (χ0v) is 14.9. The van der Waals surface area contributed by atoms with Crippen LogP contribution in [0.15, 0.2) is 24.3 Å². The highest BCUT2D eigenvalue weighted by molar-refractivity contribution is 5.92. The third-order valence-electron chi connectivity index (χ3n) is 4.33. The Morgan fingerprint density at radius 1 is 1.04 bits per heavy atom. The third-order valence-corrected chi connectivity index (χ3v) is 4.33. The van der Waals surface area contributed by atoms with E-state index >= 15 is 0 Å². The summed E-state index contributed by atoms with van der Waals surface area (Å²) in [6.45, 7) is 6.24. The van der Waals surface area contributed by atoms with E-state index in [0.717, 1.165) is 43.9 Å². The standard InChI is InChI=1S/C18H28N4O2/c1-15-7-4-5-8-16(15)19-17(23)13-21-9-6-10-22(12-11-21)14-18(24)20(2)3/h4-5,7-8H,6,9-14H2,1-3H3,(H,19,23). The number of rotatable bonds is 5. The van der Waals surface area contributed by atoms with Gasteiger partial charge < -0.3 is 10.2 Å². The molecule has 1 aromatic carbocycles. The van der Waals surface area contributed by atoms with E-state index in [1.54, 1.807) is 19.0 Å². The molecule has 1 fully saturated rings. The smallest absolute Gasteiger partial charge is 0.238 e. The van der Waals surface area contributed by atoms with Crippen LogP contribution < -0.4 is 5.32 Å². The van der Waals surface area contributed by atoms with E-state index in [0.29, 0.717) is 13.1 Å². The number of anilines is 1. The Morgan fingerprint density at radius 2 is 1.67 bits per heavy atom. The molecular weight excluding hydrogens is 304 g/mol. The molecule has 1 saturated heterocycles. The quantitative estimate of drug-likeness (QED) is 0.875. The van der Waals surface area contributed by atoms with Gasteiger partial charge in [0.25, 0.3) is 0 Å². The second-order valence-electron chi connectivity index (χ2n) is 6.56. The molecule has 0 saturated carbocycles. The van der Waals surface area contributed by atoms with Gasteiger partial charge in [-0.3, -0.25) is 19.4 Å². The lowest BCUT2D eigenvalue weighted by molar-refractivity contribution is -0.129. The molecule has 6 heteroatoms. The lowest BCUT2D eigenvalue weighted by Crippen LogP contribution is -2.39. The van der Waals surface area contributed by atoms with Crippen molar-refractivity contribution in [3.8, 4) is 0 Å². The molecular formula is C18H28N4O2. The van der Waals surface area contributed by atoms with Gasteiger partial charge in [0.05, 0.1) is 13.1 Å². The van der Waals surface area contributed by atoms with Gasteiger partial charge in [0.2, 0.25) is 11.8 Å². The molecule has 1 heterocycles. The molecule has 2 amide bonds. The van der Waals surface area contributed by atoms with Crippen molar-refractivity contribution >= 4 is 17.5 Å². The second-order valence-corrected chi connectivity index (χ2v) is 6.56. The number of hydrogen-bond donors (Lipinski definition) is 1. The first-order chi connectivity index (χ1) is 11.5. The van der Waals surface area contributed by atoms with Crippen LogP contribution in [0.2, 0.25) is 0 Å². The highest BCUT2D eigenvalue weighted by Crippen LogP contribution is 2.13. The van der Waals surface area contributed by atoms with Crippen molar-refractivity contribution in [3.05, 3.63) is 29.8 Å². The van der Waals surface area contributed by atoms with E-state index in [2.05, 4.69) is 15.1 Å². The van der Waals surface area contributed by atoms with Crippen molar-refractivity contribution in [1.82, 2.24) is 14.7 Å². The summed E-state index contributed by atoms with van der Waals surface area (Å²) in [6, 6.07) is 7.79. The summed E-state index contributed by atoms with van der Waals surface area (Å²) >= 11 is 0. The van der Waals surface area contributed by atoms with Gasteiger partial charge in [0.15, 0.2) is 0 Å². The average molecular weight is 332 g/mol. The zero-order valence-electron chi connectivity index (χ0n) is 14.9. The fourth-order valence-electron chi connectivity index (χ4n) is 2.78. The number of carbonyl (C=O) groups is 2. The number of aryl methyl sites for hydroxylation is 1. The van der Waals surface area contributed by atoms with Crippen molar-refractivity contribution in [3.63, 3.8) is 0 Å². The summed E-state index contributed by atoms with van der Waals surface area (Å²) in [5, 5.41) is 2.98. The Balaban J connectivity index is 1.80. The molecule has 24 heavy (non-hydrogen) atoms. The molecule has 6 nitrogen and oxygen atoms in total. The van der Waals surface area contributed by atoms with Crippen LogP contribution in [0, 0.1) is 6.92 Å². The predicted molar refractivity (Wildman–Crippen MR) is 96.0 cm³/mol. The molecule has 1 N–H and O–H groups in total. The minimum absolute atomic E-state index is 0.0158. The molecule has 0 spiro atoms. The number of hydrogen-bond acceptors (Lipinski definition) is 4. The Hall–Kier alpha value is -1.92. The van der Waals surface area contributed by atoms with Crippen LogP contribution in [-0.4, -0.2) is 79.9 Å². The molecule has 2 rings (SSSR count). The lowest BCUT2D eigenvalue weighted by Gasteiger charge is -2.22. The van der Waals surface area contributed by atoms with Crippen LogP contribution in [0.4, 0.5) is 5.69 Å². The Morgan fingerprint density at radius 3 is 2.29 bits per heavy atom. The largest absolute Gasteiger partial charge is 0.348 e. The number of nitrogens with zero attached hydrogens (tertiary/aromatic N) is 3. The van der Waals surface area contributed by atoms with Gasteiger partial charge in [-0.05, 0) is 38.1 Å². The van der Waals surface area contributed by atoms with Crippen LogP contribution in [0.3, 0.4) is 0 Å². The van der Waals surface area contributed by atoms with Gasteiger partial charge in [-0.1, -0.05) is 18.2 Å². The molecule has 132 valence electrons. The molecule has 1 aromatic rings. The molecule has 0 aliphatic carbocycles. The van der Waals surface area contributed by atoms with Gasteiger partial charge in [-0.25, -0.2) is 0 Å². The summed E-state index contributed by atoms with van der Waals surface area (Å²) in [7, 11) is 3.56. The molecule has 1 aliphatic rings. The van der Waals surface area contributed by atoms with E-state index < -0.39 is 0 Å². The van der Waals surface area contributed by atoms with Gasteiger partial charge in [0.1, 0.15) is 0 Å². The minimum atomic E-state index is 0.0158. The fraction of sp³-hybridized carbons (Fsp3) is 0.556. The monoisotopic (exact) mass is 332 g/mol. The summed E-state index contributed by atoms with van der Waals surface area (Å²) in [5.74, 6) is 0.142. The maximum Gasteiger partial charge on any atom is 0.238 e. The third kappa shape index (κ3) is 5.62. The average Bonchev–Trinajstić information content (AvgIpc) is 2.75. The number of para-hydroxylation sites is 1. The highest BCUT2D eigenvalue weighted by Gasteiger charge is 2.19. The maximum absolute atomic E-state index is 12.3. The molecule has 0 aromatic heterocycles. The first-order valence-corrected chi connectivity index (χ1v) is 8.46. The summed E-state index contributed by atoms with van der Waals surface area (Å²) in [4.78, 5) is 30.0. The number of carbonyl (C=O) groups excluding carboxylic acids is 2. The fourth-order valence-corrected chi connectivity index (χ4v) is 2.78. The van der Waals surface area contributed by atoms with E-state index in [1.165, 1.54) is 0 Å². The summed E-state index contributed by atoms with van der Waals surface area (Å²) < 4.78 is 0. The van der Waals surface area contributed by atoms with E-state index in [-0.39, 0.29) is 11.8 Å². The van der Waals surface area contributed by atoms with Gasteiger partial charge >= 0.3 is 0 Å². The minimum Gasteiger partial charge on any atom is -0.348 e. The van der Waals surface area contributed by atoms with Crippen LogP contribution in [0.5, 0.6) is 0 Å².